The van der Waals surface area contributed by atoms with Crippen molar-refractivity contribution in [3.63, 3.8) is 0 Å². The summed E-state index contributed by atoms with van der Waals surface area (Å²) in [7, 11) is 0. The van der Waals surface area contributed by atoms with Gasteiger partial charge < -0.3 is 15.5 Å². The molecule has 3 N–H and O–H groups in total. The van der Waals surface area contributed by atoms with E-state index in [0.717, 1.165) is 24.9 Å². The zero-order valence-corrected chi connectivity index (χ0v) is 19.8. The number of carbonyl (C=O) groups excluding carboxylic acids is 2. The van der Waals surface area contributed by atoms with Gasteiger partial charge in [-0.25, -0.2) is 15.0 Å². The number of pyridine rings is 1. The van der Waals surface area contributed by atoms with E-state index in [1.807, 2.05) is 13.0 Å². The van der Waals surface area contributed by atoms with E-state index in [-0.39, 0.29) is 5.69 Å². The van der Waals surface area contributed by atoms with Gasteiger partial charge in [-0.1, -0.05) is 23.2 Å². The van der Waals surface area contributed by atoms with Gasteiger partial charge in [0.15, 0.2) is 0 Å². The Kier molecular flexibility index (Phi) is 7.34. The van der Waals surface area contributed by atoms with Crippen LogP contribution in [0.2, 0.25) is 5.02 Å². The SMILES string of the molecule is Cc1ccc(NC(=O)c2cnc(N3CCCC(C)NC3)cn2)c(C(=O)Nc2ccc(Cl)cn2)c1. The maximum absolute atomic E-state index is 12.9. The fraction of sp³-hybridized carbons (Fsp3) is 0.292. The molecule has 3 aromatic rings. The topological polar surface area (TPSA) is 112 Å². The Hall–Kier alpha value is -3.56. The number of hydrogen-bond acceptors (Lipinski definition) is 7. The zero-order valence-electron chi connectivity index (χ0n) is 19.0. The number of amides is 2. The number of rotatable bonds is 5. The van der Waals surface area contributed by atoms with Crippen molar-refractivity contribution in [2.75, 3.05) is 28.7 Å². The number of aryl methyl sites for hydroxylation is 1. The maximum atomic E-state index is 12.9. The quantitative estimate of drug-likeness (QED) is 0.509. The smallest absolute Gasteiger partial charge is 0.275 e. The van der Waals surface area contributed by atoms with Gasteiger partial charge in [-0.05, 0) is 51.0 Å². The van der Waals surface area contributed by atoms with Crippen LogP contribution < -0.4 is 20.9 Å². The lowest BCUT2D eigenvalue weighted by molar-refractivity contribution is 0.102. The molecule has 1 unspecified atom stereocenters. The number of carbonyl (C=O) groups is 2. The third-order valence-electron chi connectivity index (χ3n) is 5.53. The molecule has 1 aromatic carbocycles. The average Bonchev–Trinajstić information content (AvgIpc) is 3.06. The van der Waals surface area contributed by atoms with Crippen molar-refractivity contribution in [1.82, 2.24) is 20.3 Å². The van der Waals surface area contributed by atoms with Crippen LogP contribution in [0.1, 0.15) is 46.2 Å². The van der Waals surface area contributed by atoms with Crippen molar-refractivity contribution < 1.29 is 9.59 Å². The van der Waals surface area contributed by atoms with Crippen molar-refractivity contribution >= 4 is 40.7 Å². The summed E-state index contributed by atoms with van der Waals surface area (Å²) in [5.41, 5.74) is 1.70. The van der Waals surface area contributed by atoms with Crippen LogP contribution in [0.3, 0.4) is 0 Å². The molecule has 9 nitrogen and oxygen atoms in total. The molecular weight excluding hydrogens is 454 g/mol. The molecule has 10 heteroatoms. The molecule has 4 rings (SSSR count). The molecule has 2 amide bonds. The van der Waals surface area contributed by atoms with Crippen LogP contribution in [0.25, 0.3) is 0 Å². The Morgan fingerprint density at radius 3 is 2.65 bits per heavy atom. The summed E-state index contributed by atoms with van der Waals surface area (Å²) in [4.78, 5) is 40.7. The Bertz CT molecular complexity index is 1170. The second-order valence-electron chi connectivity index (χ2n) is 8.25. The Labute approximate surface area is 203 Å². The van der Waals surface area contributed by atoms with Gasteiger partial charge in [0.2, 0.25) is 0 Å². The monoisotopic (exact) mass is 479 g/mol. The molecule has 34 heavy (non-hydrogen) atoms. The Morgan fingerprint density at radius 2 is 1.91 bits per heavy atom. The normalized spacial score (nSPS) is 16.0. The lowest BCUT2D eigenvalue weighted by Crippen LogP contribution is -2.36. The van der Waals surface area contributed by atoms with Gasteiger partial charge in [-0.2, -0.15) is 0 Å². The second-order valence-corrected chi connectivity index (χ2v) is 8.68. The van der Waals surface area contributed by atoms with Crippen LogP contribution in [0.4, 0.5) is 17.3 Å². The summed E-state index contributed by atoms with van der Waals surface area (Å²) in [6, 6.07) is 8.89. The minimum atomic E-state index is -0.454. The largest absolute Gasteiger partial charge is 0.343 e. The van der Waals surface area contributed by atoms with Crippen LogP contribution in [0, 0.1) is 6.92 Å². The van der Waals surface area contributed by atoms with Crippen LogP contribution in [0.15, 0.2) is 48.9 Å². The highest BCUT2D eigenvalue weighted by Crippen LogP contribution is 2.21. The van der Waals surface area contributed by atoms with Crippen LogP contribution in [-0.2, 0) is 0 Å². The molecule has 1 saturated heterocycles. The van der Waals surface area contributed by atoms with E-state index in [9.17, 15) is 9.59 Å². The van der Waals surface area contributed by atoms with Crippen molar-refractivity contribution in [3.05, 3.63) is 70.8 Å². The summed E-state index contributed by atoms with van der Waals surface area (Å²) in [5, 5.41) is 9.40. The van der Waals surface area contributed by atoms with Gasteiger partial charge in [0.05, 0.1) is 35.3 Å². The van der Waals surface area contributed by atoms with Crippen molar-refractivity contribution in [2.45, 2.75) is 32.7 Å². The van der Waals surface area contributed by atoms with E-state index in [1.165, 1.54) is 12.4 Å². The average molecular weight is 480 g/mol. The number of nitrogens with one attached hydrogen (secondary N) is 3. The van der Waals surface area contributed by atoms with E-state index in [0.29, 0.717) is 40.6 Å². The molecule has 176 valence electrons. The van der Waals surface area contributed by atoms with Gasteiger partial charge in [-0.15, -0.1) is 0 Å². The molecule has 1 fully saturated rings. The molecule has 2 aromatic heterocycles. The predicted molar refractivity (Wildman–Crippen MR) is 132 cm³/mol. The summed E-state index contributed by atoms with van der Waals surface area (Å²) in [6.07, 6.45) is 6.65. The Balaban J connectivity index is 1.47. The fourth-order valence-corrected chi connectivity index (χ4v) is 3.72. The van der Waals surface area contributed by atoms with Gasteiger partial charge in [-0.3, -0.25) is 14.9 Å². The molecule has 1 aliphatic rings. The zero-order chi connectivity index (χ0) is 24.1. The molecule has 1 aliphatic heterocycles. The lowest BCUT2D eigenvalue weighted by atomic mass is 10.1. The second kappa shape index (κ2) is 10.6. The minimum absolute atomic E-state index is 0.159. The first-order valence-electron chi connectivity index (χ1n) is 11.0. The van der Waals surface area contributed by atoms with Crippen LogP contribution in [0.5, 0.6) is 0 Å². The first-order chi connectivity index (χ1) is 16.4. The first-order valence-corrected chi connectivity index (χ1v) is 11.4. The number of aromatic nitrogens is 3. The lowest BCUT2D eigenvalue weighted by Gasteiger charge is -2.21. The van der Waals surface area contributed by atoms with Crippen molar-refractivity contribution in [3.8, 4) is 0 Å². The number of nitrogens with zero attached hydrogens (tertiary/aromatic N) is 4. The van der Waals surface area contributed by atoms with Crippen LogP contribution in [-0.4, -0.2) is 46.0 Å². The van der Waals surface area contributed by atoms with E-state index >= 15 is 0 Å². The number of halogens is 1. The van der Waals surface area contributed by atoms with Crippen LogP contribution >= 0.6 is 11.6 Å². The number of hydrogen-bond donors (Lipinski definition) is 3. The molecule has 0 spiro atoms. The molecule has 0 bridgehead atoms. The van der Waals surface area contributed by atoms with E-state index < -0.39 is 11.8 Å². The number of anilines is 3. The first kappa shape index (κ1) is 23.6. The summed E-state index contributed by atoms with van der Waals surface area (Å²) >= 11 is 5.85. The van der Waals surface area contributed by atoms with Gasteiger partial charge >= 0.3 is 0 Å². The molecule has 1 atom stereocenters. The standard InChI is InChI=1S/C24H26ClN7O2/c1-15-5-7-19(18(10-15)23(33)31-21-8-6-17(25)11-27-21)30-24(34)20-12-28-22(13-26-20)32-9-3-4-16(2)29-14-32/h5-8,10-13,16,29H,3-4,9,14H2,1-2H3,(H,30,34)(H,27,31,33). The number of benzene rings is 1. The predicted octanol–water partition coefficient (Wildman–Crippen LogP) is 3.87. The molecule has 0 saturated carbocycles. The maximum Gasteiger partial charge on any atom is 0.275 e. The van der Waals surface area contributed by atoms with Gasteiger partial charge in [0.1, 0.15) is 17.3 Å². The highest BCUT2D eigenvalue weighted by Gasteiger charge is 2.18. The third-order valence-corrected chi connectivity index (χ3v) is 5.75. The molecule has 0 aliphatic carbocycles. The van der Waals surface area contributed by atoms with E-state index in [4.69, 9.17) is 11.6 Å². The van der Waals surface area contributed by atoms with Crippen molar-refractivity contribution in [1.29, 1.82) is 0 Å². The summed E-state index contributed by atoms with van der Waals surface area (Å²) in [6.45, 7) is 5.59. The van der Waals surface area contributed by atoms with Crippen molar-refractivity contribution in [2.24, 2.45) is 0 Å². The third kappa shape index (κ3) is 5.86. The summed E-state index contributed by atoms with van der Waals surface area (Å²) < 4.78 is 0. The highest BCUT2D eigenvalue weighted by molar-refractivity contribution is 6.30. The molecular formula is C24H26ClN7O2. The fourth-order valence-electron chi connectivity index (χ4n) is 3.61. The molecule has 0 radical (unpaired) electrons. The minimum Gasteiger partial charge on any atom is -0.343 e. The van der Waals surface area contributed by atoms with E-state index in [1.54, 1.807) is 30.5 Å². The Morgan fingerprint density at radius 1 is 1.06 bits per heavy atom. The highest BCUT2D eigenvalue weighted by atomic mass is 35.5. The van der Waals surface area contributed by atoms with E-state index in [2.05, 4.69) is 42.7 Å². The molecule has 3 heterocycles. The van der Waals surface area contributed by atoms with Gasteiger partial charge in [0.25, 0.3) is 11.8 Å². The van der Waals surface area contributed by atoms with Gasteiger partial charge in [0, 0.05) is 18.8 Å². The summed E-state index contributed by atoms with van der Waals surface area (Å²) in [5.74, 6) is 0.207.